The van der Waals surface area contributed by atoms with Gasteiger partial charge in [-0.25, -0.2) is 0 Å². The molecule has 0 aliphatic heterocycles. The van der Waals surface area contributed by atoms with Gasteiger partial charge in [0.2, 0.25) is 0 Å². The van der Waals surface area contributed by atoms with Gasteiger partial charge in [-0.1, -0.05) is 6.07 Å². The van der Waals surface area contributed by atoms with Crippen molar-refractivity contribution >= 4 is 22.7 Å². The highest BCUT2D eigenvalue weighted by Gasteiger charge is 2.04. The van der Waals surface area contributed by atoms with Gasteiger partial charge in [-0.3, -0.25) is 0 Å². The Kier molecular flexibility index (Phi) is 5.46. The first-order valence-corrected chi connectivity index (χ1v) is 7.12. The van der Waals surface area contributed by atoms with Crippen molar-refractivity contribution in [2.24, 2.45) is 0 Å². The Bertz CT molecular complexity index is 619. The lowest BCUT2D eigenvalue weighted by Gasteiger charge is -2.15. The molecule has 1 atom stereocenters. The summed E-state index contributed by atoms with van der Waals surface area (Å²) in [4.78, 5) is 0. The van der Waals surface area contributed by atoms with Crippen LogP contribution in [0.15, 0.2) is 42.5 Å². The number of nitrogens with two attached hydrogens (primary N) is 2. The van der Waals surface area contributed by atoms with E-state index in [1.807, 2.05) is 30.3 Å². The van der Waals surface area contributed by atoms with Crippen molar-refractivity contribution in [2.75, 3.05) is 28.7 Å². The molecular weight excluding hydrogens is 280 g/mol. The van der Waals surface area contributed by atoms with E-state index in [0.717, 1.165) is 16.9 Å². The summed E-state index contributed by atoms with van der Waals surface area (Å²) in [5.74, 6) is 0. The van der Waals surface area contributed by atoms with E-state index in [1.54, 1.807) is 12.1 Å². The van der Waals surface area contributed by atoms with Crippen molar-refractivity contribution in [3.8, 4) is 0 Å². The van der Waals surface area contributed by atoms with Crippen LogP contribution < -0.4 is 22.1 Å². The van der Waals surface area contributed by atoms with Gasteiger partial charge in [0.1, 0.15) is 6.23 Å². The molecule has 2 rings (SSSR count). The van der Waals surface area contributed by atoms with Crippen LogP contribution in [0.2, 0.25) is 0 Å². The molecule has 2 aromatic rings. The monoisotopic (exact) mass is 302 g/mol. The van der Waals surface area contributed by atoms with E-state index < -0.39 is 6.23 Å². The predicted molar refractivity (Wildman–Crippen MR) is 90.4 cm³/mol. The van der Waals surface area contributed by atoms with Gasteiger partial charge in [0.05, 0.1) is 0 Å². The highest BCUT2D eigenvalue weighted by atomic mass is 16.3. The molecule has 0 bridgehead atoms. The maximum atomic E-state index is 9.65. The summed E-state index contributed by atoms with van der Waals surface area (Å²) >= 11 is 0. The quantitative estimate of drug-likeness (QED) is 0.341. The molecule has 0 saturated heterocycles. The number of aliphatic hydroxyl groups is 2. The van der Waals surface area contributed by atoms with Crippen LogP contribution in [-0.2, 0) is 6.54 Å². The summed E-state index contributed by atoms with van der Waals surface area (Å²) in [5, 5.41) is 24.6. The van der Waals surface area contributed by atoms with E-state index in [9.17, 15) is 5.11 Å². The van der Waals surface area contributed by atoms with Crippen LogP contribution in [0, 0.1) is 0 Å². The fourth-order valence-electron chi connectivity index (χ4n) is 2.08. The molecule has 0 radical (unpaired) electrons. The molecular formula is C16H22N4O2. The molecule has 22 heavy (non-hydrogen) atoms. The van der Waals surface area contributed by atoms with Crippen molar-refractivity contribution in [3.05, 3.63) is 48.0 Å². The molecule has 2 aromatic carbocycles. The van der Waals surface area contributed by atoms with E-state index in [2.05, 4.69) is 10.6 Å². The zero-order valence-corrected chi connectivity index (χ0v) is 12.3. The standard InChI is InChI=1S/C16H22N4O2/c17-12-4-5-15(18)11(8-12)10-19-13-2-1-3-14(9-13)20-16(22)6-7-21/h1-5,8-9,16,19-22H,6-7,10,17-18H2. The number of aliphatic hydroxyl groups excluding tert-OH is 2. The van der Waals surface area contributed by atoms with Crippen LogP contribution in [0.25, 0.3) is 0 Å². The number of hydrogen-bond acceptors (Lipinski definition) is 6. The lowest BCUT2D eigenvalue weighted by atomic mass is 10.1. The number of anilines is 4. The third-order valence-electron chi connectivity index (χ3n) is 3.25. The number of hydrogen-bond donors (Lipinski definition) is 6. The van der Waals surface area contributed by atoms with E-state index >= 15 is 0 Å². The molecule has 0 spiro atoms. The first-order chi connectivity index (χ1) is 10.6. The SMILES string of the molecule is Nc1ccc(N)c(CNc2cccc(NC(O)CCO)c2)c1. The third kappa shape index (κ3) is 4.54. The van der Waals surface area contributed by atoms with Gasteiger partial charge in [-0.15, -0.1) is 0 Å². The van der Waals surface area contributed by atoms with E-state index in [1.165, 1.54) is 0 Å². The molecule has 0 aromatic heterocycles. The lowest BCUT2D eigenvalue weighted by Crippen LogP contribution is -2.19. The second-order valence-corrected chi connectivity index (χ2v) is 5.07. The largest absolute Gasteiger partial charge is 0.399 e. The summed E-state index contributed by atoms with van der Waals surface area (Å²) in [6.07, 6.45) is -0.498. The van der Waals surface area contributed by atoms with Gasteiger partial charge in [-0.05, 0) is 42.0 Å². The smallest absolute Gasteiger partial charge is 0.126 e. The second kappa shape index (κ2) is 7.53. The van der Waals surface area contributed by atoms with E-state index in [0.29, 0.717) is 17.9 Å². The molecule has 0 fully saturated rings. The van der Waals surface area contributed by atoms with Gasteiger partial charge in [0.15, 0.2) is 0 Å². The van der Waals surface area contributed by atoms with Crippen molar-refractivity contribution < 1.29 is 10.2 Å². The maximum Gasteiger partial charge on any atom is 0.126 e. The normalized spacial score (nSPS) is 11.9. The Morgan fingerprint density at radius 1 is 1.05 bits per heavy atom. The Labute approximate surface area is 129 Å². The Hall–Kier alpha value is -2.44. The average Bonchev–Trinajstić information content (AvgIpc) is 2.49. The minimum atomic E-state index is -0.773. The molecule has 0 amide bonds. The molecule has 0 saturated carbocycles. The molecule has 6 heteroatoms. The van der Waals surface area contributed by atoms with Gasteiger partial charge in [0, 0.05) is 42.3 Å². The van der Waals surface area contributed by atoms with Gasteiger partial charge in [-0.2, -0.15) is 0 Å². The summed E-state index contributed by atoms with van der Waals surface area (Å²) in [6, 6.07) is 12.9. The van der Waals surface area contributed by atoms with Crippen molar-refractivity contribution in [1.82, 2.24) is 0 Å². The lowest BCUT2D eigenvalue weighted by molar-refractivity contribution is 0.155. The zero-order chi connectivity index (χ0) is 15.9. The summed E-state index contributed by atoms with van der Waals surface area (Å²) < 4.78 is 0. The average molecular weight is 302 g/mol. The number of benzene rings is 2. The molecule has 6 nitrogen and oxygen atoms in total. The minimum absolute atomic E-state index is 0.0686. The maximum absolute atomic E-state index is 9.65. The second-order valence-electron chi connectivity index (χ2n) is 5.07. The van der Waals surface area contributed by atoms with Crippen molar-refractivity contribution in [1.29, 1.82) is 0 Å². The first-order valence-electron chi connectivity index (χ1n) is 7.12. The topological polar surface area (TPSA) is 117 Å². The van der Waals surface area contributed by atoms with E-state index in [-0.39, 0.29) is 13.0 Å². The predicted octanol–water partition coefficient (Wildman–Crippen LogP) is 1.58. The molecule has 1 unspecified atom stereocenters. The third-order valence-corrected chi connectivity index (χ3v) is 3.25. The van der Waals surface area contributed by atoms with Crippen molar-refractivity contribution in [2.45, 2.75) is 19.2 Å². The Morgan fingerprint density at radius 3 is 2.59 bits per heavy atom. The molecule has 118 valence electrons. The first kappa shape index (κ1) is 15.9. The van der Waals surface area contributed by atoms with Gasteiger partial charge in [0.25, 0.3) is 0 Å². The van der Waals surface area contributed by atoms with Crippen LogP contribution in [0.4, 0.5) is 22.7 Å². The van der Waals surface area contributed by atoms with Gasteiger partial charge < -0.3 is 32.3 Å². The number of rotatable bonds is 7. The highest BCUT2D eigenvalue weighted by molar-refractivity contribution is 5.59. The molecule has 0 aliphatic carbocycles. The number of nitrogen functional groups attached to an aromatic ring is 2. The van der Waals surface area contributed by atoms with Crippen LogP contribution in [0.5, 0.6) is 0 Å². The fraction of sp³-hybridized carbons (Fsp3) is 0.250. The fourth-order valence-corrected chi connectivity index (χ4v) is 2.08. The van der Waals surface area contributed by atoms with Crippen molar-refractivity contribution in [3.63, 3.8) is 0 Å². The summed E-state index contributed by atoms with van der Waals surface area (Å²) in [6.45, 7) is 0.486. The van der Waals surface area contributed by atoms with Gasteiger partial charge >= 0.3 is 0 Å². The number of nitrogens with one attached hydrogen (secondary N) is 2. The minimum Gasteiger partial charge on any atom is -0.399 e. The van der Waals surface area contributed by atoms with Crippen LogP contribution in [0.1, 0.15) is 12.0 Å². The zero-order valence-electron chi connectivity index (χ0n) is 12.3. The molecule has 0 aliphatic rings. The van der Waals surface area contributed by atoms with Crippen LogP contribution in [-0.4, -0.2) is 23.0 Å². The Balaban J connectivity index is 1.99. The van der Waals surface area contributed by atoms with Crippen LogP contribution >= 0.6 is 0 Å². The molecule has 0 heterocycles. The van der Waals surface area contributed by atoms with E-state index in [4.69, 9.17) is 16.6 Å². The molecule has 8 N–H and O–H groups in total. The van der Waals surface area contributed by atoms with Crippen LogP contribution in [0.3, 0.4) is 0 Å². The highest BCUT2D eigenvalue weighted by Crippen LogP contribution is 2.20. The summed E-state index contributed by atoms with van der Waals surface area (Å²) in [7, 11) is 0. The Morgan fingerprint density at radius 2 is 1.82 bits per heavy atom. The summed E-state index contributed by atoms with van der Waals surface area (Å²) in [5.41, 5.74) is 15.6.